The lowest BCUT2D eigenvalue weighted by Gasteiger charge is -2.30. The zero-order chi connectivity index (χ0) is 38.0. The molecule has 1 unspecified atom stereocenters. The smallest absolute Gasteiger partial charge is 0.0753 e. The van der Waals surface area contributed by atoms with Gasteiger partial charge in [-0.25, -0.2) is 0 Å². The molecule has 268 valence electrons. The topological polar surface area (TPSA) is 12.9 Å². The monoisotopic (exact) mass is 751 g/mol. The van der Waals surface area contributed by atoms with Crippen LogP contribution in [0.3, 0.4) is 0 Å². The van der Waals surface area contributed by atoms with Crippen LogP contribution in [-0.4, -0.2) is 4.98 Å². The number of aromatic nitrogens is 1. The van der Waals surface area contributed by atoms with E-state index in [2.05, 4.69) is 194 Å². The quantitative estimate of drug-likeness (QED) is 0.164. The van der Waals surface area contributed by atoms with Gasteiger partial charge in [-0.05, 0) is 119 Å². The number of fused-ring (bicyclic) bond motifs is 15. The Morgan fingerprint density at radius 1 is 0.328 bits per heavy atom. The molecule has 9 aromatic carbocycles. The third-order valence-electron chi connectivity index (χ3n) is 12.9. The van der Waals surface area contributed by atoms with Crippen LogP contribution in [0, 0.1) is 0 Å². The Labute approximate surface area is 340 Å². The number of pyridine rings is 1. The molecular weight excluding hydrogens is 719 g/mol. The van der Waals surface area contributed by atoms with E-state index < -0.39 is 5.41 Å². The Morgan fingerprint density at radius 3 is 1.66 bits per heavy atom. The lowest BCUT2D eigenvalue weighted by atomic mass is 9.70. The van der Waals surface area contributed by atoms with Crippen molar-refractivity contribution in [1.82, 2.24) is 4.98 Å². The minimum Gasteiger partial charge on any atom is -0.256 e. The molecule has 0 saturated heterocycles. The molecule has 0 saturated carbocycles. The molecule has 2 aliphatic rings. The highest BCUT2D eigenvalue weighted by atomic mass is 32.1. The van der Waals surface area contributed by atoms with Gasteiger partial charge in [0, 0.05) is 31.9 Å². The van der Waals surface area contributed by atoms with Crippen molar-refractivity contribution in [3.63, 3.8) is 0 Å². The van der Waals surface area contributed by atoms with Crippen LogP contribution in [-0.2, 0) is 5.41 Å². The number of hydrogen-bond acceptors (Lipinski definition) is 2. The van der Waals surface area contributed by atoms with Gasteiger partial charge in [-0.3, -0.25) is 4.98 Å². The maximum Gasteiger partial charge on any atom is 0.0753 e. The summed E-state index contributed by atoms with van der Waals surface area (Å²) >= 11 is 1.89. The third-order valence-corrected chi connectivity index (χ3v) is 14.1. The molecule has 2 heteroatoms. The molecule has 0 radical (unpaired) electrons. The summed E-state index contributed by atoms with van der Waals surface area (Å²) in [6, 6.07) is 72.3. The van der Waals surface area contributed by atoms with Crippen LogP contribution in [0.5, 0.6) is 0 Å². The van der Waals surface area contributed by atoms with Crippen molar-refractivity contribution in [2.45, 2.75) is 5.41 Å². The fraction of sp³-hybridized carbons (Fsp3) is 0.0179. The van der Waals surface area contributed by atoms with Crippen LogP contribution < -0.4 is 0 Å². The Kier molecular flexibility index (Phi) is 6.59. The second-order valence-corrected chi connectivity index (χ2v) is 16.8. The van der Waals surface area contributed by atoms with Gasteiger partial charge in [-0.1, -0.05) is 164 Å². The van der Waals surface area contributed by atoms with Crippen LogP contribution in [0.15, 0.2) is 200 Å². The summed E-state index contributed by atoms with van der Waals surface area (Å²) in [5, 5.41) is 7.67. The summed E-state index contributed by atoms with van der Waals surface area (Å²) in [6.07, 6.45) is 1.96. The number of thiophene rings is 1. The molecule has 0 bridgehead atoms. The normalized spacial score (nSPS) is 15.0. The Bertz CT molecular complexity index is 3450. The largest absolute Gasteiger partial charge is 0.256 e. The molecule has 0 N–H and O–H groups in total. The fourth-order valence-electron chi connectivity index (χ4n) is 10.6. The fourth-order valence-corrected chi connectivity index (χ4v) is 11.7. The molecule has 13 rings (SSSR count). The van der Waals surface area contributed by atoms with Gasteiger partial charge in [-0.15, -0.1) is 11.3 Å². The van der Waals surface area contributed by atoms with Crippen molar-refractivity contribution in [3.05, 3.63) is 223 Å². The molecule has 0 aliphatic heterocycles. The van der Waals surface area contributed by atoms with E-state index in [9.17, 15) is 0 Å². The van der Waals surface area contributed by atoms with Gasteiger partial charge in [0.05, 0.1) is 11.1 Å². The SMILES string of the molecule is c1ccc(-c2ccc(-c3c4ccccc4c(-c4ccc5c(c4)C4(c6ccccc6-c6cc7sc8ccccc8c7cc64)c4cccnc4-5)c4ccccc34)cc2)cc1. The molecule has 2 heterocycles. The van der Waals surface area contributed by atoms with Gasteiger partial charge in [-0.2, -0.15) is 0 Å². The van der Waals surface area contributed by atoms with Crippen molar-refractivity contribution < 1.29 is 0 Å². The summed E-state index contributed by atoms with van der Waals surface area (Å²) in [6.45, 7) is 0. The maximum absolute atomic E-state index is 5.14. The molecule has 1 spiro atoms. The second kappa shape index (κ2) is 11.9. The van der Waals surface area contributed by atoms with Crippen LogP contribution in [0.1, 0.15) is 22.3 Å². The van der Waals surface area contributed by atoms with E-state index in [-0.39, 0.29) is 0 Å². The van der Waals surface area contributed by atoms with E-state index in [4.69, 9.17) is 4.98 Å². The Hall–Kier alpha value is -7.13. The molecule has 2 aliphatic carbocycles. The van der Waals surface area contributed by atoms with E-state index in [0.717, 1.165) is 5.69 Å². The molecule has 0 fully saturated rings. The Balaban J connectivity index is 1.09. The van der Waals surface area contributed by atoms with Crippen molar-refractivity contribution in [2.75, 3.05) is 0 Å². The van der Waals surface area contributed by atoms with Crippen molar-refractivity contribution in [2.24, 2.45) is 0 Å². The summed E-state index contributed by atoms with van der Waals surface area (Å²) in [4.78, 5) is 5.14. The molecule has 1 nitrogen and oxygen atoms in total. The van der Waals surface area contributed by atoms with Crippen LogP contribution in [0.25, 0.3) is 97.5 Å². The van der Waals surface area contributed by atoms with Crippen LogP contribution in [0.4, 0.5) is 0 Å². The molecule has 58 heavy (non-hydrogen) atoms. The number of hydrogen-bond donors (Lipinski definition) is 0. The minimum atomic E-state index is -0.510. The van der Waals surface area contributed by atoms with Crippen LogP contribution >= 0.6 is 11.3 Å². The highest BCUT2D eigenvalue weighted by Gasteiger charge is 2.52. The zero-order valence-corrected chi connectivity index (χ0v) is 32.2. The van der Waals surface area contributed by atoms with Crippen molar-refractivity contribution in [1.29, 1.82) is 0 Å². The van der Waals surface area contributed by atoms with Crippen LogP contribution in [0.2, 0.25) is 0 Å². The second-order valence-electron chi connectivity index (χ2n) is 15.7. The van der Waals surface area contributed by atoms with Crippen molar-refractivity contribution >= 4 is 53.1 Å². The molecular formula is C56H33NS. The average Bonchev–Trinajstić information content (AvgIpc) is 3.91. The van der Waals surface area contributed by atoms with E-state index in [0.29, 0.717) is 0 Å². The first-order valence-corrected chi connectivity index (χ1v) is 20.8. The first-order valence-electron chi connectivity index (χ1n) is 20.0. The van der Waals surface area contributed by atoms with Gasteiger partial charge in [0.25, 0.3) is 0 Å². The van der Waals surface area contributed by atoms with E-state index in [1.54, 1.807) is 0 Å². The molecule has 0 amide bonds. The predicted octanol–water partition coefficient (Wildman–Crippen LogP) is 15.1. The standard InChI is InChI=1S/C56H33NS/c1-2-13-34(14-3-1)35-24-26-36(27-25-35)53-40-17-4-6-19-42(40)54(43-20-7-5-18-41(43)53)37-28-29-44-49(31-37)56(48-22-12-30-57-55(44)48)47-21-10-8-15-38(47)45-33-52-46(32-50(45)56)39-16-9-11-23-51(39)58-52/h1-33H. The summed E-state index contributed by atoms with van der Waals surface area (Å²) in [7, 11) is 0. The molecule has 2 aromatic heterocycles. The van der Waals surface area contributed by atoms with Gasteiger partial charge < -0.3 is 0 Å². The predicted molar refractivity (Wildman–Crippen MR) is 245 cm³/mol. The van der Waals surface area contributed by atoms with E-state index in [1.807, 2.05) is 17.5 Å². The average molecular weight is 752 g/mol. The highest BCUT2D eigenvalue weighted by molar-refractivity contribution is 7.25. The number of nitrogens with zero attached hydrogens (tertiary/aromatic N) is 1. The third kappa shape index (κ3) is 4.22. The first kappa shape index (κ1) is 32.0. The van der Waals surface area contributed by atoms with E-state index >= 15 is 0 Å². The maximum atomic E-state index is 5.14. The van der Waals surface area contributed by atoms with Gasteiger partial charge in [0.2, 0.25) is 0 Å². The van der Waals surface area contributed by atoms with Gasteiger partial charge in [0.1, 0.15) is 0 Å². The number of rotatable bonds is 3. The number of benzene rings is 9. The van der Waals surface area contributed by atoms with Crippen molar-refractivity contribution in [3.8, 4) is 55.8 Å². The van der Waals surface area contributed by atoms with E-state index in [1.165, 1.54) is 114 Å². The lowest BCUT2D eigenvalue weighted by molar-refractivity contribution is 0.793. The highest BCUT2D eigenvalue weighted by Crippen LogP contribution is 2.64. The molecule has 11 aromatic rings. The summed E-state index contributed by atoms with van der Waals surface area (Å²) in [5.74, 6) is 0. The molecule has 1 atom stereocenters. The Morgan fingerprint density at radius 2 is 0.897 bits per heavy atom. The summed E-state index contributed by atoms with van der Waals surface area (Å²) in [5.41, 5.74) is 17.1. The van der Waals surface area contributed by atoms with Gasteiger partial charge >= 0.3 is 0 Å². The zero-order valence-electron chi connectivity index (χ0n) is 31.4. The first-order chi connectivity index (χ1) is 28.8. The lowest BCUT2D eigenvalue weighted by Crippen LogP contribution is -2.26. The summed E-state index contributed by atoms with van der Waals surface area (Å²) < 4.78 is 2.66. The van der Waals surface area contributed by atoms with Gasteiger partial charge in [0.15, 0.2) is 0 Å². The minimum absolute atomic E-state index is 0.510.